The summed E-state index contributed by atoms with van der Waals surface area (Å²) in [5, 5.41) is 8.89. The molecule has 6 heteroatoms. The van der Waals surface area contributed by atoms with E-state index in [9.17, 15) is 9.59 Å². The molecule has 35 heavy (non-hydrogen) atoms. The Hall–Kier alpha value is -3.64. The summed E-state index contributed by atoms with van der Waals surface area (Å²) in [5.74, 6) is -0.129. The maximum atomic E-state index is 13.2. The highest BCUT2D eigenvalue weighted by Crippen LogP contribution is 2.30. The van der Waals surface area contributed by atoms with Crippen LogP contribution in [-0.2, 0) is 35.8 Å². The third-order valence-electron chi connectivity index (χ3n) is 6.37. The van der Waals surface area contributed by atoms with Gasteiger partial charge in [-0.15, -0.1) is 0 Å². The number of nitrogens with one attached hydrogen (secondary N) is 3. The Morgan fingerprint density at radius 3 is 1.97 bits per heavy atom. The van der Waals surface area contributed by atoms with Gasteiger partial charge in [0.05, 0.1) is 13.2 Å². The largest absolute Gasteiger partial charge is 0.372 e. The van der Waals surface area contributed by atoms with E-state index in [1.807, 2.05) is 84.9 Å². The van der Waals surface area contributed by atoms with Gasteiger partial charge < -0.3 is 20.7 Å². The second-order valence-corrected chi connectivity index (χ2v) is 9.06. The number of urea groups is 1. The third kappa shape index (κ3) is 7.17. The van der Waals surface area contributed by atoms with Gasteiger partial charge in [-0.05, 0) is 35.1 Å². The summed E-state index contributed by atoms with van der Waals surface area (Å²) < 4.78 is 5.84. The van der Waals surface area contributed by atoms with Crippen LogP contribution in [0.1, 0.15) is 47.9 Å². The van der Waals surface area contributed by atoms with E-state index in [0.29, 0.717) is 39.1 Å². The molecule has 0 aliphatic heterocycles. The molecule has 0 unspecified atom stereocenters. The monoisotopic (exact) mass is 471 g/mol. The van der Waals surface area contributed by atoms with Crippen molar-refractivity contribution in [2.75, 3.05) is 0 Å². The molecule has 0 spiro atoms. The molecular formula is C29H33N3O3. The van der Waals surface area contributed by atoms with Gasteiger partial charge >= 0.3 is 6.03 Å². The van der Waals surface area contributed by atoms with Crippen LogP contribution in [0.15, 0.2) is 84.9 Å². The van der Waals surface area contributed by atoms with Crippen LogP contribution in [0.25, 0.3) is 0 Å². The third-order valence-corrected chi connectivity index (χ3v) is 6.37. The van der Waals surface area contributed by atoms with Crippen molar-refractivity contribution in [1.82, 2.24) is 16.0 Å². The summed E-state index contributed by atoms with van der Waals surface area (Å²) in [6, 6.07) is 27.5. The first kappa shape index (κ1) is 24.5. The van der Waals surface area contributed by atoms with E-state index in [4.69, 9.17) is 4.74 Å². The smallest absolute Gasteiger partial charge is 0.315 e. The van der Waals surface area contributed by atoms with Gasteiger partial charge in [0.15, 0.2) is 0 Å². The van der Waals surface area contributed by atoms with E-state index in [1.165, 1.54) is 0 Å². The predicted molar refractivity (Wildman–Crippen MR) is 136 cm³/mol. The Bertz CT molecular complexity index is 1100. The van der Waals surface area contributed by atoms with E-state index in [-0.39, 0.29) is 11.9 Å². The topological polar surface area (TPSA) is 79.5 Å². The average molecular weight is 472 g/mol. The van der Waals surface area contributed by atoms with Crippen LogP contribution in [-0.4, -0.2) is 17.5 Å². The normalized spacial score (nSPS) is 14.3. The number of carbonyl (C=O) groups excluding carboxylic acids is 2. The minimum absolute atomic E-state index is 0.129. The van der Waals surface area contributed by atoms with Crippen molar-refractivity contribution >= 4 is 11.9 Å². The average Bonchev–Trinajstić information content (AvgIpc) is 3.37. The Labute approximate surface area is 207 Å². The first-order valence-corrected chi connectivity index (χ1v) is 12.2. The van der Waals surface area contributed by atoms with Gasteiger partial charge in [-0.3, -0.25) is 4.79 Å². The highest BCUT2D eigenvalue weighted by molar-refractivity contribution is 5.91. The minimum atomic E-state index is -0.864. The summed E-state index contributed by atoms with van der Waals surface area (Å²) in [4.78, 5) is 25.8. The van der Waals surface area contributed by atoms with E-state index in [2.05, 4.69) is 16.0 Å². The minimum Gasteiger partial charge on any atom is -0.372 e. The molecule has 0 saturated heterocycles. The molecule has 3 N–H and O–H groups in total. The van der Waals surface area contributed by atoms with Crippen molar-refractivity contribution < 1.29 is 14.3 Å². The number of rotatable bonds is 10. The highest BCUT2D eigenvalue weighted by atomic mass is 16.5. The molecule has 0 radical (unpaired) electrons. The first-order valence-electron chi connectivity index (χ1n) is 12.2. The summed E-state index contributed by atoms with van der Waals surface area (Å²) in [5.41, 5.74) is 3.35. The van der Waals surface area contributed by atoms with Crippen LogP contribution < -0.4 is 16.0 Å². The first-order chi connectivity index (χ1) is 17.1. The van der Waals surface area contributed by atoms with Crippen molar-refractivity contribution in [1.29, 1.82) is 0 Å². The number of ether oxygens (including phenoxy) is 1. The summed E-state index contributed by atoms with van der Waals surface area (Å²) >= 11 is 0. The van der Waals surface area contributed by atoms with Gasteiger partial charge in [0.25, 0.3) is 0 Å². The molecule has 0 heterocycles. The molecule has 1 aliphatic carbocycles. The van der Waals surface area contributed by atoms with Gasteiger partial charge in [0.2, 0.25) is 5.91 Å². The Morgan fingerprint density at radius 2 is 1.26 bits per heavy atom. The molecule has 1 saturated carbocycles. The molecule has 3 aromatic carbocycles. The summed E-state index contributed by atoms with van der Waals surface area (Å²) in [6.07, 6.45) is 3.12. The Morgan fingerprint density at radius 1 is 0.686 bits per heavy atom. The molecule has 0 bridgehead atoms. The molecule has 182 valence electrons. The van der Waals surface area contributed by atoms with Gasteiger partial charge in [0.1, 0.15) is 5.54 Å². The molecule has 1 aliphatic rings. The van der Waals surface area contributed by atoms with Gasteiger partial charge in [-0.1, -0.05) is 97.8 Å². The second-order valence-electron chi connectivity index (χ2n) is 9.06. The second kappa shape index (κ2) is 12.2. The Balaban J connectivity index is 1.28. The fourth-order valence-electron chi connectivity index (χ4n) is 4.47. The quantitative estimate of drug-likeness (QED) is 0.396. The number of benzene rings is 3. The van der Waals surface area contributed by atoms with E-state index < -0.39 is 5.54 Å². The SMILES string of the molecule is O=C(NCc1ccccc1)NC1(C(=O)NCc2cccc(COCc3ccccc3)c2)CCCC1. The molecule has 0 atom stereocenters. The Kier molecular flexibility index (Phi) is 8.52. The lowest BCUT2D eigenvalue weighted by atomic mass is 9.96. The van der Waals surface area contributed by atoms with Crippen molar-refractivity contribution in [2.24, 2.45) is 0 Å². The number of hydrogen-bond donors (Lipinski definition) is 3. The summed E-state index contributed by atoms with van der Waals surface area (Å²) in [6.45, 7) is 1.88. The molecule has 4 rings (SSSR count). The lowest BCUT2D eigenvalue weighted by Gasteiger charge is -2.29. The molecular weight excluding hydrogens is 438 g/mol. The zero-order valence-corrected chi connectivity index (χ0v) is 20.0. The van der Waals surface area contributed by atoms with E-state index in [0.717, 1.165) is 35.1 Å². The lowest BCUT2D eigenvalue weighted by Crippen LogP contribution is -2.59. The fraction of sp³-hybridized carbons (Fsp3) is 0.310. The van der Waals surface area contributed by atoms with Gasteiger partial charge in [0, 0.05) is 13.1 Å². The summed E-state index contributed by atoms with van der Waals surface area (Å²) in [7, 11) is 0. The molecule has 1 fully saturated rings. The van der Waals surface area contributed by atoms with Crippen LogP contribution in [0.2, 0.25) is 0 Å². The fourth-order valence-corrected chi connectivity index (χ4v) is 4.47. The van der Waals surface area contributed by atoms with Crippen molar-refractivity contribution in [2.45, 2.75) is 57.5 Å². The molecule has 0 aromatic heterocycles. The molecule has 3 amide bonds. The zero-order valence-electron chi connectivity index (χ0n) is 20.0. The van der Waals surface area contributed by atoms with Crippen LogP contribution in [0.5, 0.6) is 0 Å². The van der Waals surface area contributed by atoms with Gasteiger partial charge in [-0.25, -0.2) is 4.79 Å². The highest BCUT2D eigenvalue weighted by Gasteiger charge is 2.42. The van der Waals surface area contributed by atoms with Crippen molar-refractivity contribution in [3.05, 3.63) is 107 Å². The standard InChI is InChI=1S/C29H33N3O3/c33-27(29(16-7-8-17-29)32-28(34)31-19-23-10-3-1-4-11-23)30-20-25-14-9-15-26(18-25)22-35-21-24-12-5-2-6-13-24/h1-6,9-15,18H,7-8,16-17,19-22H2,(H,30,33)(H2,31,32,34). The van der Waals surface area contributed by atoms with Crippen LogP contribution in [0.3, 0.4) is 0 Å². The number of amides is 3. The number of carbonyl (C=O) groups is 2. The van der Waals surface area contributed by atoms with Crippen molar-refractivity contribution in [3.63, 3.8) is 0 Å². The van der Waals surface area contributed by atoms with E-state index in [1.54, 1.807) is 0 Å². The lowest BCUT2D eigenvalue weighted by molar-refractivity contribution is -0.127. The van der Waals surface area contributed by atoms with Crippen molar-refractivity contribution in [3.8, 4) is 0 Å². The predicted octanol–water partition coefficient (Wildman–Crippen LogP) is 4.83. The van der Waals surface area contributed by atoms with Crippen LogP contribution in [0, 0.1) is 0 Å². The molecule has 6 nitrogen and oxygen atoms in total. The number of hydrogen-bond acceptors (Lipinski definition) is 3. The van der Waals surface area contributed by atoms with Gasteiger partial charge in [-0.2, -0.15) is 0 Å². The van der Waals surface area contributed by atoms with Crippen LogP contribution in [0.4, 0.5) is 4.79 Å². The zero-order chi connectivity index (χ0) is 24.3. The maximum Gasteiger partial charge on any atom is 0.315 e. The van der Waals surface area contributed by atoms with E-state index >= 15 is 0 Å². The molecule has 3 aromatic rings. The maximum absolute atomic E-state index is 13.2. The van der Waals surface area contributed by atoms with Crippen LogP contribution >= 0.6 is 0 Å².